The van der Waals surface area contributed by atoms with Gasteiger partial charge in [-0.25, -0.2) is 0 Å². The van der Waals surface area contributed by atoms with Crippen molar-refractivity contribution in [2.45, 2.75) is 20.3 Å². The summed E-state index contributed by atoms with van der Waals surface area (Å²) in [5.74, 6) is 0.996. The van der Waals surface area contributed by atoms with Crippen LogP contribution in [-0.2, 0) is 11.2 Å². The van der Waals surface area contributed by atoms with Crippen molar-refractivity contribution in [3.8, 4) is 5.75 Å². The number of aryl methyl sites for hydroxylation is 2. The number of rotatable bonds is 4. The van der Waals surface area contributed by atoms with Crippen LogP contribution in [0.15, 0.2) is 12.1 Å². The molecule has 0 unspecified atom stereocenters. The van der Waals surface area contributed by atoms with Crippen molar-refractivity contribution in [1.82, 2.24) is 0 Å². The van der Waals surface area contributed by atoms with Crippen molar-refractivity contribution in [2.75, 3.05) is 26.9 Å². The molecule has 94 valence electrons. The summed E-state index contributed by atoms with van der Waals surface area (Å²) in [7, 11) is 1.73. The Morgan fingerprint density at radius 3 is 2.53 bits per heavy atom. The lowest BCUT2D eigenvalue weighted by atomic mass is 9.79. The normalized spacial score (nSPS) is 17.6. The molecule has 0 aromatic heterocycles. The quantitative estimate of drug-likeness (QED) is 0.866. The van der Waals surface area contributed by atoms with E-state index in [9.17, 15) is 0 Å². The van der Waals surface area contributed by atoms with Crippen LogP contribution in [0.3, 0.4) is 0 Å². The Balaban J connectivity index is 2.31. The van der Waals surface area contributed by atoms with E-state index in [1.807, 2.05) is 0 Å². The highest BCUT2D eigenvalue weighted by atomic mass is 16.5. The average molecular weight is 235 g/mol. The summed E-state index contributed by atoms with van der Waals surface area (Å²) in [6.45, 7) is 6.40. The summed E-state index contributed by atoms with van der Waals surface area (Å²) in [6.07, 6.45) is 0.940. The lowest BCUT2D eigenvalue weighted by Gasteiger charge is -2.41. The molecule has 0 amide bonds. The lowest BCUT2D eigenvalue weighted by Crippen LogP contribution is -2.49. The van der Waals surface area contributed by atoms with Gasteiger partial charge in [-0.15, -0.1) is 0 Å². The first-order chi connectivity index (χ1) is 8.10. The zero-order valence-electron chi connectivity index (χ0n) is 10.9. The van der Waals surface area contributed by atoms with Crippen LogP contribution in [0.2, 0.25) is 0 Å². The van der Waals surface area contributed by atoms with Crippen LogP contribution >= 0.6 is 0 Å². The third-order valence-electron chi connectivity index (χ3n) is 3.51. The summed E-state index contributed by atoms with van der Waals surface area (Å²) in [4.78, 5) is 0. The Labute approximate surface area is 103 Å². The van der Waals surface area contributed by atoms with Crippen LogP contribution < -0.4 is 10.5 Å². The van der Waals surface area contributed by atoms with Gasteiger partial charge in [-0.1, -0.05) is 17.7 Å². The van der Waals surface area contributed by atoms with Crippen LogP contribution in [0, 0.1) is 19.3 Å². The first-order valence-corrected chi connectivity index (χ1v) is 6.02. The van der Waals surface area contributed by atoms with Crippen LogP contribution in [-0.4, -0.2) is 26.9 Å². The Bertz CT molecular complexity index is 405. The minimum atomic E-state index is 0.119. The lowest BCUT2D eigenvalue weighted by molar-refractivity contribution is -0.106. The highest BCUT2D eigenvalue weighted by Crippen LogP contribution is 2.35. The van der Waals surface area contributed by atoms with E-state index in [4.69, 9.17) is 15.2 Å². The summed E-state index contributed by atoms with van der Waals surface area (Å²) < 4.78 is 10.8. The van der Waals surface area contributed by atoms with Gasteiger partial charge >= 0.3 is 0 Å². The second-order valence-corrected chi connectivity index (χ2v) is 5.15. The van der Waals surface area contributed by atoms with E-state index in [-0.39, 0.29) is 5.41 Å². The molecule has 1 saturated heterocycles. The highest BCUT2D eigenvalue weighted by molar-refractivity contribution is 5.44. The number of methoxy groups -OCH3 is 1. The minimum absolute atomic E-state index is 0.119. The SMILES string of the molecule is COc1c(C)cc(C)cc1CC1(CN)COC1. The van der Waals surface area contributed by atoms with E-state index < -0.39 is 0 Å². The van der Waals surface area contributed by atoms with E-state index in [2.05, 4.69) is 26.0 Å². The molecule has 0 bridgehead atoms. The standard InChI is InChI=1S/C14H21NO2/c1-10-4-11(2)13(16-3)12(5-10)6-14(7-15)8-17-9-14/h4-5H,6-9,15H2,1-3H3. The fraction of sp³-hybridized carbons (Fsp3) is 0.571. The molecule has 0 radical (unpaired) electrons. The number of hydrogen-bond donors (Lipinski definition) is 1. The maximum atomic E-state index is 5.86. The molecular weight excluding hydrogens is 214 g/mol. The summed E-state index contributed by atoms with van der Waals surface area (Å²) in [5, 5.41) is 0. The van der Waals surface area contributed by atoms with Gasteiger partial charge < -0.3 is 15.2 Å². The molecule has 0 atom stereocenters. The minimum Gasteiger partial charge on any atom is -0.496 e. The third kappa shape index (κ3) is 2.31. The van der Waals surface area contributed by atoms with Gasteiger partial charge in [-0.3, -0.25) is 0 Å². The Morgan fingerprint density at radius 2 is 2.06 bits per heavy atom. The van der Waals surface area contributed by atoms with Gasteiger partial charge in [0.25, 0.3) is 0 Å². The molecule has 1 aliphatic rings. The Morgan fingerprint density at radius 1 is 1.35 bits per heavy atom. The fourth-order valence-corrected chi connectivity index (χ4v) is 2.55. The van der Waals surface area contributed by atoms with Crippen molar-refractivity contribution in [3.05, 3.63) is 28.8 Å². The van der Waals surface area contributed by atoms with Crippen molar-refractivity contribution in [2.24, 2.45) is 11.1 Å². The van der Waals surface area contributed by atoms with Crippen molar-refractivity contribution in [3.63, 3.8) is 0 Å². The summed E-state index contributed by atoms with van der Waals surface area (Å²) in [5.41, 5.74) is 9.69. The molecule has 2 N–H and O–H groups in total. The van der Waals surface area contributed by atoms with Crippen molar-refractivity contribution < 1.29 is 9.47 Å². The molecule has 2 rings (SSSR count). The molecule has 1 fully saturated rings. The van der Waals surface area contributed by atoms with Gasteiger partial charge in [0.05, 0.1) is 20.3 Å². The van der Waals surface area contributed by atoms with Crippen LogP contribution in [0.4, 0.5) is 0 Å². The van der Waals surface area contributed by atoms with Gasteiger partial charge in [-0.2, -0.15) is 0 Å². The average Bonchev–Trinajstić information content (AvgIpc) is 2.23. The van der Waals surface area contributed by atoms with E-state index >= 15 is 0 Å². The highest BCUT2D eigenvalue weighted by Gasteiger charge is 2.38. The van der Waals surface area contributed by atoms with Crippen LogP contribution in [0.5, 0.6) is 5.75 Å². The van der Waals surface area contributed by atoms with Gasteiger partial charge in [0.15, 0.2) is 0 Å². The largest absolute Gasteiger partial charge is 0.496 e. The van der Waals surface area contributed by atoms with E-state index in [0.717, 1.165) is 25.4 Å². The van der Waals surface area contributed by atoms with Crippen molar-refractivity contribution in [1.29, 1.82) is 0 Å². The molecule has 1 aromatic carbocycles. The second kappa shape index (κ2) is 4.67. The predicted octanol–water partition coefficient (Wildman–Crippen LogP) is 1.83. The summed E-state index contributed by atoms with van der Waals surface area (Å²) in [6, 6.07) is 4.34. The Hall–Kier alpha value is -1.06. The van der Waals surface area contributed by atoms with Gasteiger partial charge in [0.2, 0.25) is 0 Å². The molecule has 1 heterocycles. The first-order valence-electron chi connectivity index (χ1n) is 6.02. The number of nitrogens with two attached hydrogens (primary N) is 1. The van der Waals surface area contributed by atoms with E-state index in [1.54, 1.807) is 7.11 Å². The molecular formula is C14H21NO2. The number of hydrogen-bond acceptors (Lipinski definition) is 3. The van der Waals surface area contributed by atoms with Gasteiger partial charge in [-0.05, 0) is 31.4 Å². The third-order valence-corrected chi connectivity index (χ3v) is 3.51. The smallest absolute Gasteiger partial charge is 0.124 e. The predicted molar refractivity (Wildman–Crippen MR) is 68.5 cm³/mol. The number of ether oxygens (including phenoxy) is 2. The fourth-order valence-electron chi connectivity index (χ4n) is 2.55. The molecule has 0 aliphatic carbocycles. The molecule has 0 saturated carbocycles. The maximum absolute atomic E-state index is 5.86. The second-order valence-electron chi connectivity index (χ2n) is 5.15. The van der Waals surface area contributed by atoms with Gasteiger partial charge in [0.1, 0.15) is 5.75 Å². The monoisotopic (exact) mass is 235 g/mol. The van der Waals surface area contributed by atoms with E-state index in [0.29, 0.717) is 6.54 Å². The maximum Gasteiger partial charge on any atom is 0.124 e. The van der Waals surface area contributed by atoms with E-state index in [1.165, 1.54) is 16.7 Å². The Kier molecular flexibility index (Phi) is 3.40. The van der Waals surface area contributed by atoms with Crippen molar-refractivity contribution >= 4 is 0 Å². The van der Waals surface area contributed by atoms with Crippen LogP contribution in [0.25, 0.3) is 0 Å². The molecule has 17 heavy (non-hydrogen) atoms. The van der Waals surface area contributed by atoms with Gasteiger partial charge in [0, 0.05) is 12.0 Å². The van der Waals surface area contributed by atoms with Crippen LogP contribution in [0.1, 0.15) is 16.7 Å². The zero-order valence-corrected chi connectivity index (χ0v) is 10.9. The zero-order chi connectivity index (χ0) is 12.5. The first kappa shape index (κ1) is 12.4. The molecule has 0 spiro atoms. The topological polar surface area (TPSA) is 44.5 Å². The summed E-state index contributed by atoms with van der Waals surface area (Å²) >= 11 is 0. The molecule has 3 heteroatoms. The molecule has 1 aromatic rings. The molecule has 1 aliphatic heterocycles. The molecule has 3 nitrogen and oxygen atoms in total. The number of benzene rings is 1.